The Balaban J connectivity index is 1.82. The fraction of sp³-hybridized carbons (Fsp3) is 0.533. The van der Waals surface area contributed by atoms with Crippen LogP contribution in [0.5, 0.6) is 0 Å². The summed E-state index contributed by atoms with van der Waals surface area (Å²) in [5.74, 6) is 2.63. The summed E-state index contributed by atoms with van der Waals surface area (Å²) in [6.45, 7) is 5.90. The summed E-state index contributed by atoms with van der Waals surface area (Å²) in [5.41, 5.74) is 2.49. The fourth-order valence-electron chi connectivity index (χ4n) is 2.07. The highest BCUT2D eigenvalue weighted by Crippen LogP contribution is 2.14. The minimum atomic E-state index is -0.0336. The van der Waals surface area contributed by atoms with Crippen LogP contribution in [0.1, 0.15) is 30.9 Å². The van der Waals surface area contributed by atoms with E-state index in [1.54, 1.807) is 0 Å². The van der Waals surface area contributed by atoms with Gasteiger partial charge in [-0.1, -0.05) is 38.1 Å². The van der Waals surface area contributed by atoms with Crippen molar-refractivity contribution in [2.45, 2.75) is 32.4 Å². The molecule has 0 radical (unpaired) electrons. The molecule has 1 aliphatic heterocycles. The number of benzene rings is 1. The second kappa shape index (κ2) is 6.96. The molecule has 1 aromatic carbocycles. The van der Waals surface area contributed by atoms with E-state index in [2.05, 4.69) is 48.7 Å². The van der Waals surface area contributed by atoms with E-state index in [0.717, 1.165) is 23.6 Å². The highest BCUT2D eigenvalue weighted by molar-refractivity contribution is 7.99. The molecule has 0 saturated carbocycles. The van der Waals surface area contributed by atoms with Crippen LogP contribution >= 0.6 is 11.8 Å². The van der Waals surface area contributed by atoms with Gasteiger partial charge in [-0.3, -0.25) is 4.79 Å². The van der Waals surface area contributed by atoms with Crippen molar-refractivity contribution in [3.63, 3.8) is 0 Å². The lowest BCUT2D eigenvalue weighted by Gasteiger charge is -2.22. The molecule has 0 aliphatic carbocycles. The van der Waals surface area contributed by atoms with Crippen LogP contribution in [0, 0.1) is 0 Å². The van der Waals surface area contributed by atoms with Crippen molar-refractivity contribution in [1.82, 2.24) is 10.6 Å². The Kier molecular flexibility index (Phi) is 5.28. The number of hydrogen-bond acceptors (Lipinski definition) is 3. The summed E-state index contributed by atoms with van der Waals surface area (Å²) in [7, 11) is 0. The molecular formula is C15H22N2OS. The third kappa shape index (κ3) is 4.25. The zero-order valence-electron chi connectivity index (χ0n) is 11.6. The average Bonchev–Trinajstić information content (AvgIpc) is 2.46. The summed E-state index contributed by atoms with van der Waals surface area (Å²) in [4.78, 5) is 12.0. The monoisotopic (exact) mass is 278 g/mol. The van der Waals surface area contributed by atoms with Crippen LogP contribution in [-0.2, 0) is 11.3 Å². The molecule has 1 heterocycles. The summed E-state index contributed by atoms with van der Waals surface area (Å²) in [6, 6.07) is 8.44. The molecule has 104 valence electrons. The van der Waals surface area contributed by atoms with Gasteiger partial charge in [-0.05, 0) is 17.0 Å². The van der Waals surface area contributed by atoms with Crippen LogP contribution in [0.4, 0.5) is 0 Å². The maximum atomic E-state index is 12.0. The van der Waals surface area contributed by atoms with Crippen molar-refractivity contribution in [3.8, 4) is 0 Å². The first-order valence-electron chi connectivity index (χ1n) is 6.84. The highest BCUT2D eigenvalue weighted by Gasteiger charge is 2.20. The molecule has 2 N–H and O–H groups in total. The molecule has 1 fully saturated rings. The van der Waals surface area contributed by atoms with Gasteiger partial charge in [-0.25, -0.2) is 0 Å². The number of hydrogen-bond donors (Lipinski definition) is 2. The summed E-state index contributed by atoms with van der Waals surface area (Å²) < 4.78 is 0. The minimum Gasteiger partial charge on any atom is -0.351 e. The molecule has 1 amide bonds. The van der Waals surface area contributed by atoms with E-state index >= 15 is 0 Å². The Morgan fingerprint density at radius 3 is 2.74 bits per heavy atom. The highest BCUT2D eigenvalue weighted by atomic mass is 32.2. The van der Waals surface area contributed by atoms with Gasteiger partial charge in [-0.15, -0.1) is 0 Å². The number of rotatable bonds is 4. The number of amides is 1. The van der Waals surface area contributed by atoms with Gasteiger partial charge in [0.2, 0.25) is 5.91 Å². The molecule has 0 bridgehead atoms. The molecule has 2 rings (SSSR count). The van der Waals surface area contributed by atoms with Crippen LogP contribution < -0.4 is 10.6 Å². The van der Waals surface area contributed by atoms with E-state index in [1.807, 2.05) is 11.8 Å². The Hall–Kier alpha value is -1.00. The van der Waals surface area contributed by atoms with E-state index in [4.69, 9.17) is 0 Å². The Morgan fingerprint density at radius 1 is 1.42 bits per heavy atom. The molecule has 1 saturated heterocycles. The largest absolute Gasteiger partial charge is 0.351 e. The summed E-state index contributed by atoms with van der Waals surface area (Å²) in [5, 5.41) is 6.25. The third-order valence-electron chi connectivity index (χ3n) is 3.35. The minimum absolute atomic E-state index is 0.0336. The van der Waals surface area contributed by atoms with Crippen molar-refractivity contribution >= 4 is 17.7 Å². The number of nitrogens with one attached hydrogen (secondary N) is 2. The van der Waals surface area contributed by atoms with Gasteiger partial charge in [0, 0.05) is 24.6 Å². The van der Waals surface area contributed by atoms with Crippen molar-refractivity contribution < 1.29 is 4.79 Å². The standard InChI is InChI=1S/C15H22N2OS/c1-11(2)13-5-3-12(4-6-13)9-17-15(18)14-10-19-8-7-16-14/h3-6,11,14,16H,7-10H2,1-2H3,(H,17,18). The lowest BCUT2D eigenvalue weighted by Crippen LogP contribution is -2.48. The van der Waals surface area contributed by atoms with E-state index in [9.17, 15) is 4.79 Å². The van der Waals surface area contributed by atoms with Gasteiger partial charge in [-0.2, -0.15) is 11.8 Å². The SMILES string of the molecule is CC(C)c1ccc(CNC(=O)C2CSCCN2)cc1. The molecule has 1 aliphatic rings. The first-order valence-corrected chi connectivity index (χ1v) is 8.00. The molecule has 1 aromatic rings. The third-order valence-corrected chi connectivity index (χ3v) is 4.41. The lowest BCUT2D eigenvalue weighted by molar-refractivity contribution is -0.122. The molecule has 3 nitrogen and oxygen atoms in total. The number of thioether (sulfide) groups is 1. The van der Waals surface area contributed by atoms with Crippen molar-refractivity contribution in [3.05, 3.63) is 35.4 Å². The zero-order chi connectivity index (χ0) is 13.7. The van der Waals surface area contributed by atoms with Crippen molar-refractivity contribution in [2.75, 3.05) is 18.1 Å². The van der Waals surface area contributed by atoms with Gasteiger partial charge >= 0.3 is 0 Å². The maximum absolute atomic E-state index is 12.0. The second-order valence-corrected chi connectivity index (χ2v) is 6.35. The smallest absolute Gasteiger partial charge is 0.238 e. The summed E-state index contributed by atoms with van der Waals surface area (Å²) in [6.07, 6.45) is 0. The molecule has 1 atom stereocenters. The fourth-order valence-corrected chi connectivity index (χ4v) is 3.00. The average molecular weight is 278 g/mol. The predicted octanol–water partition coefficient (Wildman–Crippen LogP) is 2.13. The van der Waals surface area contributed by atoms with Gasteiger partial charge in [0.25, 0.3) is 0 Å². The molecule has 19 heavy (non-hydrogen) atoms. The summed E-state index contributed by atoms with van der Waals surface area (Å²) >= 11 is 1.83. The van der Waals surface area contributed by atoms with Crippen molar-refractivity contribution in [1.29, 1.82) is 0 Å². The second-order valence-electron chi connectivity index (χ2n) is 5.20. The molecule has 4 heteroatoms. The molecule has 0 aromatic heterocycles. The molecular weight excluding hydrogens is 256 g/mol. The Morgan fingerprint density at radius 2 is 2.16 bits per heavy atom. The van der Waals surface area contributed by atoms with Crippen LogP contribution in [-0.4, -0.2) is 30.0 Å². The quantitative estimate of drug-likeness (QED) is 0.886. The maximum Gasteiger partial charge on any atom is 0.238 e. The van der Waals surface area contributed by atoms with E-state index in [1.165, 1.54) is 5.56 Å². The van der Waals surface area contributed by atoms with Crippen LogP contribution in [0.2, 0.25) is 0 Å². The lowest BCUT2D eigenvalue weighted by atomic mass is 10.0. The van der Waals surface area contributed by atoms with Crippen LogP contribution in [0.25, 0.3) is 0 Å². The zero-order valence-corrected chi connectivity index (χ0v) is 12.4. The van der Waals surface area contributed by atoms with E-state index < -0.39 is 0 Å². The van der Waals surface area contributed by atoms with E-state index in [0.29, 0.717) is 12.5 Å². The first-order chi connectivity index (χ1) is 9.16. The van der Waals surface area contributed by atoms with Crippen molar-refractivity contribution in [2.24, 2.45) is 0 Å². The van der Waals surface area contributed by atoms with E-state index in [-0.39, 0.29) is 11.9 Å². The van der Waals surface area contributed by atoms with Gasteiger partial charge in [0.1, 0.15) is 0 Å². The first kappa shape index (κ1) is 14.4. The number of carbonyl (C=O) groups is 1. The number of carbonyl (C=O) groups excluding carboxylic acids is 1. The van der Waals surface area contributed by atoms with Crippen LogP contribution in [0.3, 0.4) is 0 Å². The molecule has 0 spiro atoms. The van der Waals surface area contributed by atoms with Crippen LogP contribution in [0.15, 0.2) is 24.3 Å². The van der Waals surface area contributed by atoms with Gasteiger partial charge in [0.15, 0.2) is 0 Å². The Bertz CT molecular complexity index is 411. The topological polar surface area (TPSA) is 41.1 Å². The molecule has 1 unspecified atom stereocenters. The van der Waals surface area contributed by atoms with Gasteiger partial charge < -0.3 is 10.6 Å². The predicted molar refractivity (Wildman–Crippen MR) is 81.5 cm³/mol. The van der Waals surface area contributed by atoms with Gasteiger partial charge in [0.05, 0.1) is 6.04 Å². The normalized spacial score (nSPS) is 19.4. The Labute approximate surface area is 119 Å².